The SMILES string of the molecule is CCn1c(SCC(=O)N2CCN(c3ccccc3)CC2)nnc1C(C)Oc1ccc(OC)cc1. The van der Waals surface area contributed by atoms with Crippen molar-refractivity contribution in [1.82, 2.24) is 19.7 Å². The van der Waals surface area contributed by atoms with Crippen LogP contribution in [-0.4, -0.2) is 64.6 Å². The van der Waals surface area contributed by atoms with E-state index in [1.165, 1.54) is 17.4 Å². The van der Waals surface area contributed by atoms with Gasteiger partial charge >= 0.3 is 0 Å². The third kappa shape index (κ3) is 5.64. The highest BCUT2D eigenvalue weighted by Gasteiger charge is 2.23. The smallest absolute Gasteiger partial charge is 0.233 e. The molecule has 1 aromatic heterocycles. The number of benzene rings is 2. The van der Waals surface area contributed by atoms with Gasteiger partial charge in [0.2, 0.25) is 5.91 Å². The van der Waals surface area contributed by atoms with Crippen molar-refractivity contribution in [1.29, 1.82) is 0 Å². The number of carbonyl (C=O) groups excluding carboxylic acids is 1. The number of nitrogens with zero attached hydrogens (tertiary/aromatic N) is 5. The molecule has 0 spiro atoms. The Balaban J connectivity index is 1.31. The molecule has 1 amide bonds. The molecule has 9 heteroatoms. The van der Waals surface area contributed by atoms with Crippen LogP contribution in [0, 0.1) is 0 Å². The Labute approximate surface area is 204 Å². The van der Waals surface area contributed by atoms with E-state index < -0.39 is 0 Å². The Morgan fingerprint density at radius 2 is 1.68 bits per heavy atom. The van der Waals surface area contributed by atoms with Crippen molar-refractivity contribution in [3.05, 3.63) is 60.4 Å². The highest BCUT2D eigenvalue weighted by molar-refractivity contribution is 7.99. The van der Waals surface area contributed by atoms with E-state index in [9.17, 15) is 4.79 Å². The lowest BCUT2D eigenvalue weighted by molar-refractivity contribution is -0.128. The number of aromatic nitrogens is 3. The number of anilines is 1. The molecule has 0 bridgehead atoms. The molecule has 1 unspecified atom stereocenters. The minimum Gasteiger partial charge on any atom is -0.497 e. The summed E-state index contributed by atoms with van der Waals surface area (Å²) in [5.74, 6) is 2.73. The van der Waals surface area contributed by atoms with Gasteiger partial charge in [-0.05, 0) is 50.2 Å². The fourth-order valence-electron chi connectivity index (χ4n) is 3.99. The number of hydrogen-bond acceptors (Lipinski definition) is 7. The first kappa shape index (κ1) is 23.9. The Kier molecular flexibility index (Phi) is 7.95. The molecule has 4 rings (SSSR count). The summed E-state index contributed by atoms with van der Waals surface area (Å²) in [7, 11) is 1.64. The van der Waals surface area contributed by atoms with Gasteiger partial charge in [-0.2, -0.15) is 0 Å². The van der Waals surface area contributed by atoms with Crippen LogP contribution >= 0.6 is 11.8 Å². The highest BCUT2D eigenvalue weighted by atomic mass is 32.2. The number of piperazine rings is 1. The first-order chi connectivity index (χ1) is 16.6. The summed E-state index contributed by atoms with van der Waals surface area (Å²) in [6.45, 7) is 7.84. The number of hydrogen-bond donors (Lipinski definition) is 0. The highest BCUT2D eigenvalue weighted by Crippen LogP contribution is 2.26. The average Bonchev–Trinajstić information content (AvgIpc) is 3.31. The van der Waals surface area contributed by atoms with E-state index in [2.05, 4.69) is 27.2 Å². The zero-order chi connectivity index (χ0) is 23.9. The van der Waals surface area contributed by atoms with E-state index in [1.54, 1.807) is 7.11 Å². The maximum absolute atomic E-state index is 12.8. The Morgan fingerprint density at radius 3 is 2.32 bits per heavy atom. The molecule has 1 aliphatic rings. The normalized spacial score (nSPS) is 14.7. The van der Waals surface area contributed by atoms with Gasteiger partial charge in [0.1, 0.15) is 11.5 Å². The third-order valence-electron chi connectivity index (χ3n) is 5.88. The van der Waals surface area contributed by atoms with Crippen molar-refractivity contribution in [3.63, 3.8) is 0 Å². The first-order valence-corrected chi connectivity index (χ1v) is 12.5. The van der Waals surface area contributed by atoms with Crippen LogP contribution in [0.25, 0.3) is 0 Å². The first-order valence-electron chi connectivity index (χ1n) is 11.5. The number of ether oxygens (including phenoxy) is 2. The second kappa shape index (κ2) is 11.3. The van der Waals surface area contributed by atoms with Crippen LogP contribution in [0.1, 0.15) is 25.8 Å². The quantitative estimate of drug-likeness (QED) is 0.429. The maximum Gasteiger partial charge on any atom is 0.233 e. The number of rotatable bonds is 9. The number of carbonyl (C=O) groups is 1. The van der Waals surface area contributed by atoms with Gasteiger partial charge in [-0.25, -0.2) is 0 Å². The molecular formula is C25H31N5O3S. The standard InChI is InChI=1S/C25H31N5O3S/c1-4-30-24(19(2)33-22-12-10-21(32-3)11-13-22)26-27-25(30)34-18-23(31)29-16-14-28(15-17-29)20-8-6-5-7-9-20/h5-13,19H,4,14-18H2,1-3H3. The van der Waals surface area contributed by atoms with Crippen molar-refractivity contribution in [2.45, 2.75) is 31.7 Å². The molecule has 0 aliphatic carbocycles. The van der Waals surface area contributed by atoms with E-state index in [4.69, 9.17) is 9.47 Å². The third-order valence-corrected chi connectivity index (χ3v) is 6.83. The molecule has 2 aromatic carbocycles. The Morgan fingerprint density at radius 1 is 1.00 bits per heavy atom. The number of para-hydroxylation sites is 1. The van der Waals surface area contributed by atoms with Crippen LogP contribution < -0.4 is 14.4 Å². The predicted octanol–water partition coefficient (Wildman–Crippen LogP) is 3.89. The van der Waals surface area contributed by atoms with Crippen LogP contribution in [0.5, 0.6) is 11.5 Å². The Hall–Kier alpha value is -3.20. The lowest BCUT2D eigenvalue weighted by atomic mass is 10.2. The van der Waals surface area contributed by atoms with E-state index >= 15 is 0 Å². The van der Waals surface area contributed by atoms with Gasteiger partial charge in [0.15, 0.2) is 17.1 Å². The second-order valence-electron chi connectivity index (χ2n) is 8.01. The van der Waals surface area contributed by atoms with Gasteiger partial charge in [-0.15, -0.1) is 10.2 Å². The van der Waals surface area contributed by atoms with Crippen molar-refractivity contribution < 1.29 is 14.3 Å². The molecule has 1 fully saturated rings. The lowest BCUT2D eigenvalue weighted by Crippen LogP contribution is -2.49. The number of methoxy groups -OCH3 is 1. The molecule has 0 N–H and O–H groups in total. The molecule has 0 saturated carbocycles. The molecular weight excluding hydrogens is 450 g/mol. The summed E-state index contributed by atoms with van der Waals surface area (Å²) in [5.41, 5.74) is 1.21. The predicted molar refractivity (Wildman–Crippen MR) is 134 cm³/mol. The number of thioether (sulfide) groups is 1. The van der Waals surface area contributed by atoms with Crippen LogP contribution in [0.4, 0.5) is 5.69 Å². The summed E-state index contributed by atoms with van der Waals surface area (Å²) >= 11 is 1.43. The van der Waals surface area contributed by atoms with Gasteiger partial charge in [0.05, 0.1) is 12.9 Å². The molecule has 34 heavy (non-hydrogen) atoms. The van der Waals surface area contributed by atoms with Crippen LogP contribution in [0.15, 0.2) is 59.8 Å². The van der Waals surface area contributed by atoms with Crippen molar-refractivity contribution in [3.8, 4) is 11.5 Å². The molecule has 1 aliphatic heterocycles. The summed E-state index contributed by atoms with van der Waals surface area (Å²) in [5, 5.41) is 9.44. The molecule has 2 heterocycles. The summed E-state index contributed by atoms with van der Waals surface area (Å²) < 4.78 is 13.3. The fourth-order valence-corrected chi connectivity index (χ4v) is 4.90. The van der Waals surface area contributed by atoms with E-state index in [-0.39, 0.29) is 12.0 Å². The summed E-state index contributed by atoms with van der Waals surface area (Å²) in [4.78, 5) is 17.1. The van der Waals surface area contributed by atoms with E-state index in [1.807, 2.05) is 65.8 Å². The van der Waals surface area contributed by atoms with Crippen LogP contribution in [0.3, 0.4) is 0 Å². The lowest BCUT2D eigenvalue weighted by Gasteiger charge is -2.36. The second-order valence-corrected chi connectivity index (χ2v) is 8.96. The summed E-state index contributed by atoms with van der Waals surface area (Å²) in [6, 6.07) is 17.8. The van der Waals surface area contributed by atoms with Crippen molar-refractivity contribution in [2.75, 3.05) is 43.9 Å². The largest absolute Gasteiger partial charge is 0.497 e. The average molecular weight is 482 g/mol. The number of amides is 1. The van der Waals surface area contributed by atoms with Crippen LogP contribution in [-0.2, 0) is 11.3 Å². The fraction of sp³-hybridized carbons (Fsp3) is 0.400. The molecule has 3 aromatic rings. The molecule has 8 nitrogen and oxygen atoms in total. The van der Waals surface area contributed by atoms with Gasteiger partial charge in [-0.3, -0.25) is 4.79 Å². The minimum atomic E-state index is -0.281. The van der Waals surface area contributed by atoms with Gasteiger partial charge < -0.3 is 23.8 Å². The summed E-state index contributed by atoms with van der Waals surface area (Å²) in [6.07, 6.45) is -0.281. The molecule has 180 valence electrons. The molecule has 1 saturated heterocycles. The van der Waals surface area contributed by atoms with Crippen molar-refractivity contribution >= 4 is 23.4 Å². The van der Waals surface area contributed by atoms with E-state index in [0.717, 1.165) is 48.7 Å². The van der Waals surface area contributed by atoms with Gasteiger partial charge in [-0.1, -0.05) is 30.0 Å². The van der Waals surface area contributed by atoms with Crippen molar-refractivity contribution in [2.24, 2.45) is 0 Å². The molecule has 1 atom stereocenters. The topological polar surface area (TPSA) is 72.7 Å². The van der Waals surface area contributed by atoms with Gasteiger partial charge in [0.25, 0.3) is 0 Å². The minimum absolute atomic E-state index is 0.132. The maximum atomic E-state index is 12.8. The van der Waals surface area contributed by atoms with Gasteiger partial charge in [0, 0.05) is 38.4 Å². The molecule has 0 radical (unpaired) electrons. The Bertz CT molecular complexity index is 1070. The van der Waals surface area contributed by atoms with E-state index in [0.29, 0.717) is 12.3 Å². The zero-order valence-electron chi connectivity index (χ0n) is 19.9. The zero-order valence-corrected chi connectivity index (χ0v) is 20.7. The van der Waals surface area contributed by atoms with Crippen LogP contribution in [0.2, 0.25) is 0 Å². The monoisotopic (exact) mass is 481 g/mol.